The van der Waals surface area contributed by atoms with Crippen molar-refractivity contribution in [1.82, 2.24) is 0 Å². The Hall–Kier alpha value is -0.640. The maximum atomic E-state index is 8.08. The smallest absolute Gasteiger partial charge is 0.0996 e. The van der Waals surface area contributed by atoms with E-state index in [1.54, 1.807) is 0 Å². The Labute approximate surface area is 66.4 Å². The molecule has 0 saturated heterocycles. The molecule has 0 spiro atoms. The molecule has 0 radical (unpaired) electrons. The molecule has 0 amide bonds. The third kappa shape index (κ3) is 7.36. The summed E-state index contributed by atoms with van der Waals surface area (Å²) in [4.78, 5) is 0. The molecule has 54 valence electrons. The van der Waals surface area contributed by atoms with Gasteiger partial charge in [-0.15, -0.1) is 5.73 Å². The van der Waals surface area contributed by atoms with Crippen molar-refractivity contribution in [1.29, 1.82) is 5.26 Å². The SMILES string of the molecule is CCSCCC=C=CC#N. The fraction of sp³-hybridized carbons (Fsp3) is 0.500. The maximum absolute atomic E-state index is 8.08. The average molecular weight is 153 g/mol. The summed E-state index contributed by atoms with van der Waals surface area (Å²) < 4.78 is 0. The van der Waals surface area contributed by atoms with Gasteiger partial charge < -0.3 is 0 Å². The molecular weight excluding hydrogens is 142 g/mol. The minimum atomic E-state index is 1.01. The van der Waals surface area contributed by atoms with Crippen molar-refractivity contribution in [2.45, 2.75) is 13.3 Å². The van der Waals surface area contributed by atoms with Crippen LogP contribution >= 0.6 is 11.8 Å². The summed E-state index contributed by atoms with van der Waals surface area (Å²) in [5.41, 5.74) is 2.77. The summed E-state index contributed by atoms with van der Waals surface area (Å²) in [6.07, 6.45) is 4.28. The molecule has 0 aliphatic heterocycles. The zero-order valence-corrected chi connectivity index (χ0v) is 6.95. The number of rotatable bonds is 4. The molecule has 0 bridgehead atoms. The Kier molecular flexibility index (Phi) is 7.82. The summed E-state index contributed by atoms with van der Waals surface area (Å²) in [6.45, 7) is 2.14. The molecule has 0 atom stereocenters. The van der Waals surface area contributed by atoms with Gasteiger partial charge >= 0.3 is 0 Å². The van der Waals surface area contributed by atoms with Crippen molar-refractivity contribution in [2.24, 2.45) is 0 Å². The van der Waals surface area contributed by atoms with Crippen molar-refractivity contribution < 1.29 is 0 Å². The van der Waals surface area contributed by atoms with Crippen molar-refractivity contribution in [3.8, 4) is 6.07 Å². The third-order valence-corrected chi connectivity index (χ3v) is 1.81. The molecule has 0 aliphatic carbocycles. The van der Waals surface area contributed by atoms with Crippen LogP contribution in [0.1, 0.15) is 13.3 Å². The standard InChI is InChI=1S/C8H11NS/c1-2-10-8-6-4-3-5-7-9/h4-5H,2,6,8H2,1H3. The van der Waals surface area contributed by atoms with Crippen molar-refractivity contribution in [3.05, 3.63) is 17.9 Å². The Bertz CT molecular complexity index is 161. The second kappa shape index (κ2) is 8.36. The number of thioether (sulfide) groups is 1. The second-order valence-corrected chi connectivity index (χ2v) is 3.02. The number of hydrogen-bond acceptors (Lipinski definition) is 2. The molecule has 0 aromatic heterocycles. The molecule has 2 heteroatoms. The lowest BCUT2D eigenvalue weighted by Gasteiger charge is -1.88. The fourth-order valence-corrected chi connectivity index (χ4v) is 1.04. The summed E-state index contributed by atoms with van der Waals surface area (Å²) in [6, 6.07) is 1.88. The Balaban J connectivity index is 3.20. The highest BCUT2D eigenvalue weighted by Crippen LogP contribution is 2.00. The molecule has 0 heterocycles. The molecule has 10 heavy (non-hydrogen) atoms. The van der Waals surface area contributed by atoms with E-state index >= 15 is 0 Å². The van der Waals surface area contributed by atoms with Gasteiger partial charge in [-0.2, -0.15) is 17.0 Å². The summed E-state index contributed by atoms with van der Waals surface area (Å²) in [7, 11) is 0. The van der Waals surface area contributed by atoms with Gasteiger partial charge in [-0.05, 0) is 24.0 Å². The van der Waals surface area contributed by atoms with E-state index in [1.807, 2.05) is 23.9 Å². The molecule has 0 fully saturated rings. The minimum Gasteiger partial charge on any atom is -0.192 e. The molecule has 0 rings (SSSR count). The van der Waals surface area contributed by atoms with Gasteiger partial charge in [0.05, 0.1) is 12.1 Å². The zero-order valence-electron chi connectivity index (χ0n) is 6.13. The van der Waals surface area contributed by atoms with Crippen molar-refractivity contribution in [2.75, 3.05) is 11.5 Å². The average Bonchev–Trinajstić information content (AvgIpc) is 1.97. The maximum Gasteiger partial charge on any atom is 0.0996 e. The van der Waals surface area contributed by atoms with Crippen LogP contribution in [0, 0.1) is 11.3 Å². The van der Waals surface area contributed by atoms with E-state index < -0.39 is 0 Å². The topological polar surface area (TPSA) is 23.8 Å². The van der Waals surface area contributed by atoms with Crippen LogP contribution in [-0.2, 0) is 0 Å². The van der Waals surface area contributed by atoms with Gasteiger partial charge in [0.15, 0.2) is 0 Å². The highest BCUT2D eigenvalue weighted by molar-refractivity contribution is 7.99. The third-order valence-electron chi connectivity index (χ3n) is 0.876. The van der Waals surface area contributed by atoms with Crippen LogP contribution in [0.5, 0.6) is 0 Å². The molecular formula is C8H11NS. The molecule has 1 nitrogen and oxygen atoms in total. The molecule has 0 N–H and O–H groups in total. The first kappa shape index (κ1) is 9.36. The molecule has 0 saturated carbocycles. The first-order valence-electron chi connectivity index (χ1n) is 3.28. The first-order chi connectivity index (χ1) is 4.91. The van der Waals surface area contributed by atoms with Gasteiger partial charge in [-0.1, -0.05) is 6.92 Å². The van der Waals surface area contributed by atoms with E-state index in [0.29, 0.717) is 0 Å². The summed E-state index contributed by atoms with van der Waals surface area (Å²) in [5.74, 6) is 2.29. The van der Waals surface area contributed by atoms with Crippen LogP contribution < -0.4 is 0 Å². The van der Waals surface area contributed by atoms with Crippen molar-refractivity contribution in [3.63, 3.8) is 0 Å². The van der Waals surface area contributed by atoms with E-state index in [-0.39, 0.29) is 0 Å². The Morgan fingerprint density at radius 1 is 1.60 bits per heavy atom. The number of nitrogens with zero attached hydrogens (tertiary/aromatic N) is 1. The summed E-state index contributed by atoms with van der Waals surface area (Å²) in [5, 5.41) is 8.08. The second-order valence-electron chi connectivity index (χ2n) is 1.63. The van der Waals surface area contributed by atoms with Crippen LogP contribution in [0.4, 0.5) is 0 Å². The molecule has 0 aromatic carbocycles. The normalized spacial score (nSPS) is 7.60. The van der Waals surface area contributed by atoms with Crippen LogP contribution in [-0.4, -0.2) is 11.5 Å². The first-order valence-corrected chi connectivity index (χ1v) is 4.44. The Morgan fingerprint density at radius 2 is 2.40 bits per heavy atom. The molecule has 0 aliphatic rings. The largest absolute Gasteiger partial charge is 0.192 e. The van der Waals surface area contributed by atoms with E-state index in [1.165, 1.54) is 6.08 Å². The fourth-order valence-electron chi connectivity index (χ4n) is 0.466. The van der Waals surface area contributed by atoms with Gasteiger partial charge in [-0.3, -0.25) is 0 Å². The van der Waals surface area contributed by atoms with E-state index in [2.05, 4.69) is 12.7 Å². The van der Waals surface area contributed by atoms with Gasteiger partial charge in [0.2, 0.25) is 0 Å². The van der Waals surface area contributed by atoms with Gasteiger partial charge in [0.25, 0.3) is 0 Å². The van der Waals surface area contributed by atoms with Gasteiger partial charge in [-0.25, -0.2) is 0 Å². The quantitative estimate of drug-likeness (QED) is 0.352. The summed E-state index contributed by atoms with van der Waals surface area (Å²) >= 11 is 1.90. The van der Waals surface area contributed by atoms with Crippen molar-refractivity contribution >= 4 is 11.8 Å². The number of nitriles is 1. The highest BCUT2D eigenvalue weighted by atomic mass is 32.2. The Morgan fingerprint density at radius 3 is 3.00 bits per heavy atom. The van der Waals surface area contributed by atoms with Crippen LogP contribution in [0.25, 0.3) is 0 Å². The zero-order chi connectivity index (χ0) is 7.66. The van der Waals surface area contributed by atoms with Crippen LogP contribution in [0.3, 0.4) is 0 Å². The lowest BCUT2D eigenvalue weighted by atomic mass is 10.4. The van der Waals surface area contributed by atoms with E-state index in [4.69, 9.17) is 5.26 Å². The highest BCUT2D eigenvalue weighted by Gasteiger charge is 1.78. The number of allylic oxidation sites excluding steroid dienone is 1. The van der Waals surface area contributed by atoms with Gasteiger partial charge in [0.1, 0.15) is 0 Å². The predicted octanol–water partition coefficient (Wildman–Crippen LogP) is 2.36. The van der Waals surface area contributed by atoms with Crippen LogP contribution in [0.15, 0.2) is 17.9 Å². The minimum absolute atomic E-state index is 1.01. The lowest BCUT2D eigenvalue weighted by molar-refractivity contribution is 1.24. The molecule has 0 aromatic rings. The monoisotopic (exact) mass is 153 g/mol. The van der Waals surface area contributed by atoms with Gasteiger partial charge in [0, 0.05) is 0 Å². The van der Waals surface area contributed by atoms with E-state index in [9.17, 15) is 0 Å². The lowest BCUT2D eigenvalue weighted by Crippen LogP contribution is -1.73. The number of hydrogen-bond donors (Lipinski definition) is 0. The van der Waals surface area contributed by atoms with Crippen LogP contribution in [0.2, 0.25) is 0 Å². The molecule has 0 unspecified atom stereocenters. The van der Waals surface area contributed by atoms with E-state index in [0.717, 1.165) is 17.9 Å². The predicted molar refractivity (Wildman–Crippen MR) is 45.9 cm³/mol.